The molecule has 144 valence electrons. The highest BCUT2D eigenvalue weighted by atomic mass is 16.4. The van der Waals surface area contributed by atoms with E-state index in [1.54, 1.807) is 0 Å². The zero-order valence-corrected chi connectivity index (χ0v) is 15.9. The van der Waals surface area contributed by atoms with Crippen LogP contribution in [0.25, 0.3) is 0 Å². The summed E-state index contributed by atoms with van der Waals surface area (Å²) in [5.41, 5.74) is -0.119. The molecule has 1 atom stereocenters. The molecule has 1 unspecified atom stereocenters. The third-order valence-corrected chi connectivity index (χ3v) is 4.55. The molecule has 0 aromatic carbocycles. The van der Waals surface area contributed by atoms with Gasteiger partial charge in [-0.3, -0.25) is 14.4 Å². The van der Waals surface area contributed by atoms with Gasteiger partial charge in [0.15, 0.2) is 0 Å². The number of carboxylic acids is 1. The first-order chi connectivity index (χ1) is 11.7. The van der Waals surface area contributed by atoms with E-state index in [2.05, 4.69) is 10.6 Å². The SMILES string of the molecule is CC(C)(C)CC(=O)NCC(=O)NC(CCC(=O)O)CC1CCCCC1. The van der Waals surface area contributed by atoms with Crippen molar-refractivity contribution in [2.75, 3.05) is 6.54 Å². The number of amides is 2. The maximum atomic E-state index is 12.1. The summed E-state index contributed by atoms with van der Waals surface area (Å²) in [5, 5.41) is 14.5. The third-order valence-electron chi connectivity index (χ3n) is 4.55. The van der Waals surface area contributed by atoms with E-state index in [0.717, 1.165) is 19.3 Å². The van der Waals surface area contributed by atoms with Crippen LogP contribution in [-0.2, 0) is 14.4 Å². The molecule has 1 aliphatic carbocycles. The average Bonchev–Trinajstić information content (AvgIpc) is 2.50. The van der Waals surface area contributed by atoms with Crippen molar-refractivity contribution < 1.29 is 19.5 Å². The van der Waals surface area contributed by atoms with Crippen LogP contribution in [0.4, 0.5) is 0 Å². The van der Waals surface area contributed by atoms with Gasteiger partial charge in [-0.25, -0.2) is 0 Å². The van der Waals surface area contributed by atoms with Gasteiger partial charge in [0.1, 0.15) is 0 Å². The Labute approximate surface area is 151 Å². The van der Waals surface area contributed by atoms with Crippen molar-refractivity contribution in [3.05, 3.63) is 0 Å². The Morgan fingerprint density at radius 2 is 1.72 bits per heavy atom. The van der Waals surface area contributed by atoms with Gasteiger partial charge >= 0.3 is 5.97 Å². The summed E-state index contributed by atoms with van der Waals surface area (Å²) in [4.78, 5) is 34.8. The Morgan fingerprint density at radius 3 is 2.28 bits per heavy atom. The third kappa shape index (κ3) is 10.8. The monoisotopic (exact) mass is 354 g/mol. The Kier molecular flexibility index (Phi) is 8.93. The maximum Gasteiger partial charge on any atom is 0.303 e. The predicted molar refractivity (Wildman–Crippen MR) is 97.1 cm³/mol. The Bertz CT molecular complexity index is 451. The van der Waals surface area contributed by atoms with Gasteiger partial charge in [-0.1, -0.05) is 52.9 Å². The molecule has 6 heteroatoms. The van der Waals surface area contributed by atoms with Gasteiger partial charge in [0.2, 0.25) is 11.8 Å². The number of aliphatic carboxylic acids is 1. The molecule has 0 saturated heterocycles. The van der Waals surface area contributed by atoms with Crippen LogP contribution in [-0.4, -0.2) is 35.5 Å². The molecule has 6 nitrogen and oxygen atoms in total. The van der Waals surface area contributed by atoms with Gasteiger partial charge in [-0.05, 0) is 24.2 Å². The maximum absolute atomic E-state index is 12.1. The van der Waals surface area contributed by atoms with Crippen molar-refractivity contribution in [3.8, 4) is 0 Å². The van der Waals surface area contributed by atoms with Crippen LogP contribution >= 0.6 is 0 Å². The lowest BCUT2D eigenvalue weighted by Crippen LogP contribution is -2.43. The Hall–Kier alpha value is -1.59. The minimum absolute atomic E-state index is 0.0497. The van der Waals surface area contributed by atoms with Crippen molar-refractivity contribution in [2.45, 2.75) is 84.6 Å². The molecule has 0 spiro atoms. The number of carboxylic acid groups (broad SMARTS) is 1. The summed E-state index contributed by atoms with van der Waals surface area (Å²) < 4.78 is 0. The molecule has 2 amide bonds. The molecular weight excluding hydrogens is 320 g/mol. The van der Waals surface area contributed by atoms with Crippen LogP contribution in [0.2, 0.25) is 0 Å². The van der Waals surface area contributed by atoms with Gasteiger partial charge in [0.05, 0.1) is 6.54 Å². The molecule has 1 rings (SSSR count). The van der Waals surface area contributed by atoms with E-state index in [1.807, 2.05) is 20.8 Å². The van der Waals surface area contributed by atoms with E-state index in [-0.39, 0.29) is 36.2 Å². The lowest BCUT2D eigenvalue weighted by molar-refractivity contribution is -0.137. The quantitative estimate of drug-likeness (QED) is 0.593. The summed E-state index contributed by atoms with van der Waals surface area (Å²) in [7, 11) is 0. The number of hydrogen-bond donors (Lipinski definition) is 3. The number of carbonyl (C=O) groups is 3. The molecule has 1 aliphatic rings. The van der Waals surface area contributed by atoms with E-state index in [0.29, 0.717) is 18.8 Å². The number of nitrogens with one attached hydrogen (secondary N) is 2. The Balaban J connectivity index is 2.44. The van der Waals surface area contributed by atoms with Gasteiger partial charge in [0, 0.05) is 18.9 Å². The summed E-state index contributed by atoms with van der Waals surface area (Å²) >= 11 is 0. The largest absolute Gasteiger partial charge is 0.481 e. The molecule has 0 bridgehead atoms. The molecule has 0 aromatic rings. The van der Waals surface area contributed by atoms with Crippen LogP contribution in [0.15, 0.2) is 0 Å². The fourth-order valence-corrected chi connectivity index (χ4v) is 3.37. The lowest BCUT2D eigenvalue weighted by Gasteiger charge is -2.27. The highest BCUT2D eigenvalue weighted by molar-refractivity contribution is 5.85. The molecule has 1 fully saturated rings. The summed E-state index contributed by atoms with van der Waals surface area (Å²) in [6.07, 6.45) is 7.69. The van der Waals surface area contributed by atoms with E-state index in [4.69, 9.17) is 5.11 Å². The van der Waals surface area contributed by atoms with Gasteiger partial charge < -0.3 is 15.7 Å². The summed E-state index contributed by atoms with van der Waals surface area (Å²) in [6, 6.07) is -0.133. The standard InChI is InChI=1S/C19H34N2O4/c1-19(2,3)12-16(22)20-13-17(23)21-15(9-10-18(24)25)11-14-7-5-4-6-8-14/h14-15H,4-13H2,1-3H3,(H,20,22)(H,21,23)(H,24,25). The second-order valence-electron chi connectivity index (χ2n) is 8.45. The van der Waals surface area contributed by atoms with Crippen LogP contribution in [0.3, 0.4) is 0 Å². The Morgan fingerprint density at radius 1 is 1.08 bits per heavy atom. The van der Waals surface area contributed by atoms with Crippen LogP contribution in [0.1, 0.15) is 78.6 Å². The zero-order valence-electron chi connectivity index (χ0n) is 15.9. The first-order valence-corrected chi connectivity index (χ1v) is 9.43. The van der Waals surface area contributed by atoms with Crippen LogP contribution in [0, 0.1) is 11.3 Å². The van der Waals surface area contributed by atoms with Crippen molar-refractivity contribution >= 4 is 17.8 Å². The molecule has 0 aromatic heterocycles. The second-order valence-corrected chi connectivity index (χ2v) is 8.45. The van der Waals surface area contributed by atoms with Crippen molar-refractivity contribution in [3.63, 3.8) is 0 Å². The van der Waals surface area contributed by atoms with E-state index in [1.165, 1.54) is 19.3 Å². The van der Waals surface area contributed by atoms with E-state index in [9.17, 15) is 14.4 Å². The van der Waals surface area contributed by atoms with Gasteiger partial charge in [0.25, 0.3) is 0 Å². The van der Waals surface area contributed by atoms with Crippen molar-refractivity contribution in [2.24, 2.45) is 11.3 Å². The number of carbonyl (C=O) groups excluding carboxylic acids is 2. The van der Waals surface area contributed by atoms with Crippen molar-refractivity contribution in [1.29, 1.82) is 0 Å². The normalized spacial score (nSPS) is 16.9. The van der Waals surface area contributed by atoms with Crippen LogP contribution < -0.4 is 10.6 Å². The van der Waals surface area contributed by atoms with Gasteiger partial charge in [-0.15, -0.1) is 0 Å². The average molecular weight is 354 g/mol. The van der Waals surface area contributed by atoms with E-state index < -0.39 is 5.97 Å². The predicted octanol–water partition coefficient (Wildman–Crippen LogP) is 2.86. The molecule has 25 heavy (non-hydrogen) atoms. The summed E-state index contributed by atoms with van der Waals surface area (Å²) in [6.45, 7) is 5.86. The number of hydrogen-bond acceptors (Lipinski definition) is 3. The molecular formula is C19H34N2O4. The first-order valence-electron chi connectivity index (χ1n) is 9.43. The summed E-state index contributed by atoms with van der Waals surface area (Å²) in [5.74, 6) is -0.671. The van der Waals surface area contributed by atoms with E-state index >= 15 is 0 Å². The fourth-order valence-electron chi connectivity index (χ4n) is 3.37. The topological polar surface area (TPSA) is 95.5 Å². The fraction of sp³-hybridized carbons (Fsp3) is 0.842. The molecule has 0 heterocycles. The first kappa shape index (κ1) is 21.5. The molecule has 0 aliphatic heterocycles. The zero-order chi connectivity index (χ0) is 18.9. The highest BCUT2D eigenvalue weighted by Gasteiger charge is 2.22. The highest BCUT2D eigenvalue weighted by Crippen LogP contribution is 2.28. The second kappa shape index (κ2) is 10.4. The molecule has 1 saturated carbocycles. The lowest BCUT2D eigenvalue weighted by atomic mass is 9.84. The van der Waals surface area contributed by atoms with Crippen molar-refractivity contribution in [1.82, 2.24) is 10.6 Å². The minimum Gasteiger partial charge on any atom is -0.481 e. The number of rotatable bonds is 9. The van der Waals surface area contributed by atoms with Gasteiger partial charge in [-0.2, -0.15) is 0 Å². The van der Waals surface area contributed by atoms with Crippen LogP contribution in [0.5, 0.6) is 0 Å². The molecule has 0 radical (unpaired) electrons. The smallest absolute Gasteiger partial charge is 0.303 e. The minimum atomic E-state index is -0.846. The molecule has 3 N–H and O–H groups in total.